The number of anilines is 1. The topological polar surface area (TPSA) is 111 Å². The first-order valence-corrected chi connectivity index (χ1v) is 6.18. The van der Waals surface area contributed by atoms with Crippen LogP contribution >= 0.6 is 0 Å². The Bertz CT molecular complexity index is 608. The number of nitrogens with zero attached hydrogens (tertiary/aromatic N) is 4. The Morgan fingerprint density at radius 2 is 2.20 bits per heavy atom. The molecule has 0 saturated heterocycles. The summed E-state index contributed by atoms with van der Waals surface area (Å²) in [5.74, 6) is 5.20. The first-order valence-electron chi connectivity index (χ1n) is 6.18. The highest BCUT2D eigenvalue weighted by atomic mass is 16.1. The van der Waals surface area contributed by atoms with Crippen molar-refractivity contribution in [2.75, 3.05) is 12.0 Å². The lowest BCUT2D eigenvalue weighted by Crippen LogP contribution is -2.28. The Balaban J connectivity index is 1.93. The molecule has 0 saturated carbocycles. The summed E-state index contributed by atoms with van der Waals surface area (Å²) in [6.07, 6.45) is 3.69. The lowest BCUT2D eigenvalue weighted by atomic mass is 10.3. The zero-order valence-electron chi connectivity index (χ0n) is 11.4. The number of carbonyl (C=O) groups is 1. The SMILES string of the molecule is Cc1cnn(CCNC(=O)c2cc(C)nc(NN)n2)c1. The number of nitrogens with two attached hydrogens (primary N) is 1. The normalized spacial score (nSPS) is 10.3. The number of aryl methyl sites for hydroxylation is 2. The van der Waals surface area contributed by atoms with E-state index in [4.69, 9.17) is 5.84 Å². The van der Waals surface area contributed by atoms with E-state index in [1.807, 2.05) is 13.1 Å². The summed E-state index contributed by atoms with van der Waals surface area (Å²) in [5, 5.41) is 6.92. The minimum absolute atomic E-state index is 0.220. The molecule has 0 bridgehead atoms. The van der Waals surface area contributed by atoms with Crippen LogP contribution in [0.15, 0.2) is 18.5 Å². The molecular formula is C12H17N7O. The smallest absolute Gasteiger partial charge is 0.270 e. The number of hydrogen-bond acceptors (Lipinski definition) is 6. The van der Waals surface area contributed by atoms with Gasteiger partial charge in [-0.2, -0.15) is 5.10 Å². The van der Waals surface area contributed by atoms with Crippen LogP contribution in [0, 0.1) is 13.8 Å². The fraction of sp³-hybridized carbons (Fsp3) is 0.333. The van der Waals surface area contributed by atoms with Crippen molar-refractivity contribution in [2.45, 2.75) is 20.4 Å². The summed E-state index contributed by atoms with van der Waals surface area (Å²) < 4.78 is 1.77. The lowest BCUT2D eigenvalue weighted by Gasteiger charge is -2.07. The van der Waals surface area contributed by atoms with Crippen LogP contribution in [0.4, 0.5) is 5.95 Å². The van der Waals surface area contributed by atoms with Gasteiger partial charge in [-0.3, -0.25) is 14.9 Å². The van der Waals surface area contributed by atoms with E-state index in [2.05, 4.69) is 25.8 Å². The van der Waals surface area contributed by atoms with Crippen molar-refractivity contribution in [1.29, 1.82) is 0 Å². The molecule has 106 valence electrons. The highest BCUT2D eigenvalue weighted by Gasteiger charge is 2.09. The summed E-state index contributed by atoms with van der Waals surface area (Å²) in [4.78, 5) is 20.0. The lowest BCUT2D eigenvalue weighted by molar-refractivity contribution is 0.0947. The van der Waals surface area contributed by atoms with Gasteiger partial charge in [0, 0.05) is 18.4 Å². The summed E-state index contributed by atoms with van der Waals surface area (Å²) in [6.45, 7) is 4.80. The quantitative estimate of drug-likeness (QED) is 0.523. The predicted molar refractivity (Wildman–Crippen MR) is 73.9 cm³/mol. The molecule has 0 spiro atoms. The third kappa shape index (κ3) is 3.51. The molecule has 0 aromatic carbocycles. The Kier molecular flexibility index (Phi) is 4.26. The first kappa shape index (κ1) is 13.9. The maximum Gasteiger partial charge on any atom is 0.270 e. The number of nitrogens with one attached hydrogen (secondary N) is 2. The van der Waals surface area contributed by atoms with Gasteiger partial charge in [0.15, 0.2) is 0 Å². The average Bonchev–Trinajstić information content (AvgIpc) is 2.83. The Morgan fingerprint density at radius 3 is 2.85 bits per heavy atom. The standard InChI is InChI=1S/C12H17N7O/c1-8-6-15-19(7-8)4-3-14-11(20)10-5-9(2)16-12(17-10)18-13/h5-7H,3-4,13H2,1-2H3,(H,14,20)(H,16,17,18). The van der Waals surface area contributed by atoms with Crippen molar-refractivity contribution < 1.29 is 4.79 Å². The predicted octanol–water partition coefficient (Wildman–Crippen LogP) is 0.00554. The number of rotatable bonds is 5. The molecule has 20 heavy (non-hydrogen) atoms. The number of hydrogen-bond donors (Lipinski definition) is 3. The van der Waals surface area contributed by atoms with E-state index in [0.29, 0.717) is 18.8 Å². The third-order valence-corrected chi connectivity index (χ3v) is 2.60. The highest BCUT2D eigenvalue weighted by Crippen LogP contribution is 2.03. The second kappa shape index (κ2) is 6.11. The molecule has 1 amide bonds. The number of aromatic nitrogens is 4. The van der Waals surface area contributed by atoms with Gasteiger partial charge < -0.3 is 5.32 Å². The zero-order valence-corrected chi connectivity index (χ0v) is 11.4. The largest absolute Gasteiger partial charge is 0.349 e. The van der Waals surface area contributed by atoms with E-state index in [1.54, 1.807) is 23.9 Å². The van der Waals surface area contributed by atoms with Crippen LogP contribution in [0.25, 0.3) is 0 Å². The maximum absolute atomic E-state index is 12.0. The third-order valence-electron chi connectivity index (χ3n) is 2.60. The van der Waals surface area contributed by atoms with Crippen molar-refractivity contribution >= 4 is 11.9 Å². The van der Waals surface area contributed by atoms with Gasteiger partial charge in [0.05, 0.1) is 12.7 Å². The molecule has 0 unspecified atom stereocenters. The summed E-state index contributed by atoms with van der Waals surface area (Å²) in [5.41, 5.74) is 4.36. The van der Waals surface area contributed by atoms with Gasteiger partial charge in [-0.25, -0.2) is 15.8 Å². The molecular weight excluding hydrogens is 258 g/mol. The monoisotopic (exact) mass is 275 g/mol. The van der Waals surface area contributed by atoms with Crippen molar-refractivity contribution in [3.63, 3.8) is 0 Å². The molecule has 2 aromatic heterocycles. The van der Waals surface area contributed by atoms with Gasteiger partial charge in [-0.05, 0) is 25.5 Å². The van der Waals surface area contributed by atoms with Crippen LogP contribution in [-0.4, -0.2) is 32.2 Å². The molecule has 2 aromatic rings. The van der Waals surface area contributed by atoms with Crippen LogP contribution in [0.5, 0.6) is 0 Å². The molecule has 0 radical (unpaired) electrons. The van der Waals surface area contributed by atoms with Gasteiger partial charge >= 0.3 is 0 Å². The summed E-state index contributed by atoms with van der Waals surface area (Å²) in [7, 11) is 0. The maximum atomic E-state index is 12.0. The van der Waals surface area contributed by atoms with E-state index in [-0.39, 0.29) is 17.5 Å². The average molecular weight is 275 g/mol. The van der Waals surface area contributed by atoms with Crippen molar-refractivity contribution in [1.82, 2.24) is 25.1 Å². The first-order chi connectivity index (χ1) is 9.58. The molecule has 0 aliphatic carbocycles. The van der Waals surface area contributed by atoms with Crippen molar-refractivity contribution in [3.05, 3.63) is 35.4 Å². The van der Waals surface area contributed by atoms with Gasteiger partial charge in [0.25, 0.3) is 5.91 Å². The summed E-state index contributed by atoms with van der Waals surface area (Å²) in [6, 6.07) is 1.61. The van der Waals surface area contributed by atoms with Crippen LogP contribution in [-0.2, 0) is 6.54 Å². The van der Waals surface area contributed by atoms with E-state index in [9.17, 15) is 4.79 Å². The molecule has 8 heteroatoms. The number of nitrogen functional groups attached to an aromatic ring is 1. The second-order valence-corrected chi connectivity index (χ2v) is 4.40. The second-order valence-electron chi connectivity index (χ2n) is 4.40. The molecule has 0 fully saturated rings. The van der Waals surface area contributed by atoms with E-state index in [0.717, 1.165) is 5.56 Å². The van der Waals surface area contributed by atoms with Crippen LogP contribution in [0.2, 0.25) is 0 Å². The summed E-state index contributed by atoms with van der Waals surface area (Å²) >= 11 is 0. The van der Waals surface area contributed by atoms with E-state index < -0.39 is 0 Å². The molecule has 0 aliphatic heterocycles. The van der Waals surface area contributed by atoms with E-state index >= 15 is 0 Å². The van der Waals surface area contributed by atoms with Gasteiger partial charge in [-0.15, -0.1) is 0 Å². The molecule has 2 rings (SSSR count). The fourth-order valence-corrected chi connectivity index (χ4v) is 1.71. The molecule has 0 aliphatic rings. The molecule has 4 N–H and O–H groups in total. The minimum atomic E-state index is -0.268. The minimum Gasteiger partial charge on any atom is -0.349 e. The molecule has 2 heterocycles. The van der Waals surface area contributed by atoms with Gasteiger partial charge in [0.1, 0.15) is 5.69 Å². The van der Waals surface area contributed by atoms with Crippen LogP contribution in [0.1, 0.15) is 21.7 Å². The highest BCUT2D eigenvalue weighted by molar-refractivity contribution is 5.92. The Morgan fingerprint density at radius 1 is 1.40 bits per heavy atom. The molecule has 8 nitrogen and oxygen atoms in total. The number of hydrazine groups is 1. The number of amides is 1. The fourth-order valence-electron chi connectivity index (χ4n) is 1.71. The van der Waals surface area contributed by atoms with Gasteiger partial charge in [-0.1, -0.05) is 0 Å². The Labute approximate surface area is 116 Å². The van der Waals surface area contributed by atoms with Crippen molar-refractivity contribution in [3.8, 4) is 0 Å². The van der Waals surface area contributed by atoms with Crippen molar-refractivity contribution in [2.24, 2.45) is 5.84 Å². The number of carbonyl (C=O) groups excluding carboxylic acids is 1. The van der Waals surface area contributed by atoms with Crippen LogP contribution in [0.3, 0.4) is 0 Å². The van der Waals surface area contributed by atoms with E-state index in [1.165, 1.54) is 0 Å². The Hall–Kier alpha value is -2.48. The zero-order chi connectivity index (χ0) is 14.5. The van der Waals surface area contributed by atoms with Crippen LogP contribution < -0.4 is 16.6 Å². The van der Waals surface area contributed by atoms with Gasteiger partial charge in [0.2, 0.25) is 5.95 Å². The molecule has 0 atom stereocenters.